The molecule has 96 valence electrons. The molecule has 1 aliphatic rings. The van der Waals surface area contributed by atoms with Gasteiger partial charge in [0.15, 0.2) is 0 Å². The van der Waals surface area contributed by atoms with Crippen molar-refractivity contribution in [2.75, 3.05) is 26.3 Å². The van der Waals surface area contributed by atoms with E-state index in [2.05, 4.69) is 4.99 Å². The van der Waals surface area contributed by atoms with Crippen molar-refractivity contribution in [2.24, 2.45) is 4.99 Å². The van der Waals surface area contributed by atoms with E-state index in [1.807, 2.05) is 0 Å². The molecule has 0 saturated carbocycles. The van der Waals surface area contributed by atoms with Crippen LogP contribution in [0.2, 0.25) is 0 Å². The maximum atomic E-state index is 12.2. The highest BCUT2D eigenvalue weighted by atomic mass is 16.5. The zero-order valence-corrected chi connectivity index (χ0v) is 10.8. The first-order chi connectivity index (χ1) is 7.93. The van der Waals surface area contributed by atoms with Gasteiger partial charge in [-0.1, -0.05) is 0 Å². The molecular weight excluding hydrogens is 218 g/mol. The Kier molecular flexibility index (Phi) is 4.81. The monoisotopic (exact) mass is 239 g/mol. The van der Waals surface area contributed by atoms with Crippen molar-refractivity contribution in [1.82, 2.24) is 4.90 Å². The first kappa shape index (κ1) is 13.8. The highest BCUT2D eigenvalue weighted by molar-refractivity contribution is 5.93. The van der Waals surface area contributed by atoms with E-state index < -0.39 is 5.54 Å². The molecule has 0 aromatic rings. The van der Waals surface area contributed by atoms with Gasteiger partial charge < -0.3 is 15.0 Å². The summed E-state index contributed by atoms with van der Waals surface area (Å²) in [7, 11) is 0. The van der Waals surface area contributed by atoms with Crippen LogP contribution in [0.1, 0.15) is 27.2 Å². The molecule has 0 radical (unpaired) electrons. The molecule has 5 nitrogen and oxygen atoms in total. The molecule has 0 aromatic heterocycles. The molecule has 1 N–H and O–H groups in total. The van der Waals surface area contributed by atoms with Gasteiger partial charge in [-0.2, -0.15) is 0 Å². The van der Waals surface area contributed by atoms with Gasteiger partial charge in [-0.25, -0.2) is 0 Å². The van der Waals surface area contributed by atoms with Gasteiger partial charge in [-0.3, -0.25) is 9.79 Å². The van der Waals surface area contributed by atoms with Crippen molar-refractivity contribution in [3.8, 4) is 0 Å². The van der Waals surface area contributed by atoms with Crippen molar-refractivity contribution < 1.29 is 9.53 Å². The average Bonchev–Trinajstić information content (AvgIpc) is 2.28. The third-order valence-corrected chi connectivity index (χ3v) is 2.63. The Labute approximate surface area is 102 Å². The van der Waals surface area contributed by atoms with Gasteiger partial charge in [0, 0.05) is 31.4 Å². The van der Waals surface area contributed by atoms with E-state index >= 15 is 0 Å². The summed E-state index contributed by atoms with van der Waals surface area (Å²) in [5.74, 6) is 0.0275. The van der Waals surface area contributed by atoms with E-state index in [1.54, 1.807) is 31.9 Å². The van der Waals surface area contributed by atoms with Crippen LogP contribution < -0.4 is 0 Å². The first-order valence-corrected chi connectivity index (χ1v) is 5.88. The molecule has 0 spiro atoms. The summed E-state index contributed by atoms with van der Waals surface area (Å²) in [6.45, 7) is 7.82. The molecule has 0 aliphatic carbocycles. The summed E-state index contributed by atoms with van der Waals surface area (Å²) < 4.78 is 5.21. The van der Waals surface area contributed by atoms with Crippen LogP contribution in [0.5, 0.6) is 0 Å². The number of morpholine rings is 1. The van der Waals surface area contributed by atoms with Crippen LogP contribution in [0, 0.1) is 5.41 Å². The summed E-state index contributed by atoms with van der Waals surface area (Å²) >= 11 is 0. The molecule has 1 fully saturated rings. The number of aliphatic imine (C=N–C) groups is 1. The number of carbonyl (C=O) groups is 1. The van der Waals surface area contributed by atoms with E-state index in [0.717, 1.165) is 0 Å². The van der Waals surface area contributed by atoms with Gasteiger partial charge >= 0.3 is 0 Å². The average molecular weight is 239 g/mol. The Hall–Kier alpha value is -1.23. The van der Waals surface area contributed by atoms with Crippen LogP contribution in [0.4, 0.5) is 0 Å². The van der Waals surface area contributed by atoms with Crippen LogP contribution in [-0.2, 0) is 9.53 Å². The Balaban J connectivity index is 2.58. The number of rotatable bonds is 4. The van der Waals surface area contributed by atoms with E-state index in [1.165, 1.54) is 0 Å². The van der Waals surface area contributed by atoms with Gasteiger partial charge in [-0.15, -0.1) is 0 Å². The lowest BCUT2D eigenvalue weighted by Gasteiger charge is -2.32. The topological polar surface area (TPSA) is 65.8 Å². The SMILES string of the molecule is CC(=N)CC=NC(C)(C)C(=O)N1CCOCC1. The Morgan fingerprint density at radius 2 is 2.06 bits per heavy atom. The summed E-state index contributed by atoms with van der Waals surface area (Å²) in [5.41, 5.74) is -0.198. The van der Waals surface area contributed by atoms with Gasteiger partial charge in [0.1, 0.15) is 5.54 Å². The molecule has 0 aromatic carbocycles. The quantitative estimate of drug-likeness (QED) is 0.747. The lowest BCUT2D eigenvalue weighted by molar-refractivity contribution is -0.139. The predicted octanol–water partition coefficient (Wildman–Crippen LogP) is 1.12. The van der Waals surface area contributed by atoms with Crippen LogP contribution in [0.3, 0.4) is 0 Å². The standard InChI is InChI=1S/C12H21N3O2/c1-10(13)4-5-14-12(2,3)11(16)15-6-8-17-9-7-15/h5,13H,4,6-9H2,1-3H3. The first-order valence-electron chi connectivity index (χ1n) is 5.88. The number of hydrogen-bond donors (Lipinski definition) is 1. The van der Waals surface area contributed by atoms with Crippen molar-refractivity contribution in [3.05, 3.63) is 0 Å². The molecule has 0 bridgehead atoms. The van der Waals surface area contributed by atoms with Gasteiger partial charge in [0.25, 0.3) is 0 Å². The second-order valence-electron chi connectivity index (χ2n) is 4.76. The number of ether oxygens (including phenoxy) is 1. The van der Waals surface area contributed by atoms with E-state index in [0.29, 0.717) is 38.4 Å². The summed E-state index contributed by atoms with van der Waals surface area (Å²) in [4.78, 5) is 18.3. The van der Waals surface area contributed by atoms with E-state index in [9.17, 15) is 4.79 Å². The molecular formula is C12H21N3O2. The van der Waals surface area contributed by atoms with Gasteiger partial charge in [0.05, 0.1) is 13.2 Å². The lowest BCUT2D eigenvalue weighted by Crippen LogP contribution is -2.49. The van der Waals surface area contributed by atoms with Crippen LogP contribution in [-0.4, -0.2) is 54.6 Å². The molecule has 5 heteroatoms. The number of carbonyl (C=O) groups excluding carboxylic acids is 1. The summed E-state index contributed by atoms with van der Waals surface area (Å²) in [6.07, 6.45) is 2.15. The second-order valence-corrected chi connectivity index (χ2v) is 4.76. The predicted molar refractivity (Wildman–Crippen MR) is 68.0 cm³/mol. The maximum absolute atomic E-state index is 12.2. The molecule has 1 amide bonds. The molecule has 1 aliphatic heterocycles. The Morgan fingerprint density at radius 3 is 2.59 bits per heavy atom. The molecule has 1 rings (SSSR count). The molecule has 0 unspecified atom stereocenters. The summed E-state index contributed by atoms with van der Waals surface area (Å²) in [5, 5.41) is 7.30. The van der Waals surface area contributed by atoms with E-state index in [-0.39, 0.29) is 5.91 Å². The smallest absolute Gasteiger partial charge is 0.250 e. The zero-order valence-electron chi connectivity index (χ0n) is 10.8. The van der Waals surface area contributed by atoms with Crippen molar-refractivity contribution in [3.63, 3.8) is 0 Å². The highest BCUT2D eigenvalue weighted by Gasteiger charge is 2.31. The number of amides is 1. The fourth-order valence-electron chi connectivity index (χ4n) is 1.62. The largest absolute Gasteiger partial charge is 0.378 e. The Morgan fingerprint density at radius 1 is 1.47 bits per heavy atom. The fraction of sp³-hybridized carbons (Fsp3) is 0.750. The minimum absolute atomic E-state index is 0.0275. The van der Waals surface area contributed by atoms with Crippen molar-refractivity contribution in [1.29, 1.82) is 5.41 Å². The van der Waals surface area contributed by atoms with Crippen LogP contribution in [0.15, 0.2) is 4.99 Å². The van der Waals surface area contributed by atoms with Crippen molar-refractivity contribution >= 4 is 17.8 Å². The molecule has 17 heavy (non-hydrogen) atoms. The molecule has 1 heterocycles. The lowest BCUT2D eigenvalue weighted by atomic mass is 10.0. The number of nitrogens with zero attached hydrogens (tertiary/aromatic N) is 2. The minimum Gasteiger partial charge on any atom is -0.378 e. The normalized spacial score (nSPS) is 17.5. The number of nitrogens with one attached hydrogen (secondary N) is 1. The van der Waals surface area contributed by atoms with Crippen LogP contribution in [0.25, 0.3) is 0 Å². The minimum atomic E-state index is -0.743. The van der Waals surface area contributed by atoms with E-state index in [4.69, 9.17) is 10.1 Å². The molecule has 0 atom stereocenters. The maximum Gasteiger partial charge on any atom is 0.250 e. The van der Waals surface area contributed by atoms with Crippen molar-refractivity contribution in [2.45, 2.75) is 32.7 Å². The van der Waals surface area contributed by atoms with Gasteiger partial charge in [-0.05, 0) is 20.8 Å². The molecule has 1 saturated heterocycles. The Bertz CT molecular complexity index is 318. The van der Waals surface area contributed by atoms with Crippen LogP contribution >= 0.6 is 0 Å². The summed E-state index contributed by atoms with van der Waals surface area (Å²) in [6, 6.07) is 0. The second kappa shape index (κ2) is 5.91. The fourth-order valence-corrected chi connectivity index (χ4v) is 1.62. The zero-order chi connectivity index (χ0) is 12.9. The highest BCUT2D eigenvalue weighted by Crippen LogP contribution is 2.14. The third kappa shape index (κ3) is 4.26. The van der Waals surface area contributed by atoms with Gasteiger partial charge in [0.2, 0.25) is 5.91 Å². The third-order valence-electron chi connectivity index (χ3n) is 2.63. The number of hydrogen-bond acceptors (Lipinski definition) is 4.